The molecule has 0 unspecified atom stereocenters. The molecule has 0 N–H and O–H groups in total. The first-order chi connectivity index (χ1) is 10.6. The fraction of sp³-hybridized carbons (Fsp3) is 0.562. The molecule has 1 atom stereocenters. The van der Waals surface area contributed by atoms with Crippen molar-refractivity contribution in [2.45, 2.75) is 32.4 Å². The van der Waals surface area contributed by atoms with Crippen LogP contribution >= 0.6 is 0 Å². The summed E-state index contributed by atoms with van der Waals surface area (Å²) < 4.78 is 5.09. The zero-order valence-electron chi connectivity index (χ0n) is 13.2. The third-order valence-electron chi connectivity index (χ3n) is 3.89. The highest BCUT2D eigenvalue weighted by atomic mass is 16.5. The van der Waals surface area contributed by atoms with Gasteiger partial charge in [0.25, 0.3) is 0 Å². The van der Waals surface area contributed by atoms with Crippen LogP contribution in [0.1, 0.15) is 25.5 Å². The number of hydrogen-bond donors (Lipinski definition) is 0. The fourth-order valence-corrected chi connectivity index (χ4v) is 2.63. The van der Waals surface area contributed by atoms with E-state index >= 15 is 0 Å². The van der Waals surface area contributed by atoms with E-state index in [9.17, 15) is 9.59 Å². The van der Waals surface area contributed by atoms with E-state index in [-0.39, 0.29) is 11.8 Å². The number of methoxy groups -OCH3 is 1. The number of aromatic nitrogens is 1. The van der Waals surface area contributed by atoms with Gasteiger partial charge in [0.1, 0.15) is 6.04 Å². The van der Waals surface area contributed by atoms with E-state index < -0.39 is 6.04 Å². The molecule has 6 nitrogen and oxygen atoms in total. The number of nitrogens with zero attached hydrogens (tertiary/aromatic N) is 3. The highest BCUT2D eigenvalue weighted by molar-refractivity contribution is 5.88. The molecular weight excluding hydrogens is 282 g/mol. The van der Waals surface area contributed by atoms with Crippen molar-refractivity contribution in [3.05, 3.63) is 30.1 Å². The number of rotatable bonds is 7. The summed E-state index contributed by atoms with van der Waals surface area (Å²) in [7, 11) is 1.61. The standard InChI is InChI=1S/C16H23N3O3/c1-13(19-9-5-7-15(19)20)16(21)18(10-11-22-2)12-14-6-3-4-8-17-14/h3-4,6,8,13H,5,7,9-12H2,1-2H3/t13-/m1/s1. The SMILES string of the molecule is COCCN(Cc1ccccn1)C(=O)[C@@H](C)N1CCCC1=O. The van der Waals surface area contributed by atoms with E-state index in [1.165, 1.54) is 0 Å². The second-order valence-electron chi connectivity index (χ2n) is 5.44. The molecule has 2 heterocycles. The summed E-state index contributed by atoms with van der Waals surface area (Å²) in [6.45, 7) is 3.82. The van der Waals surface area contributed by atoms with Crippen molar-refractivity contribution in [3.8, 4) is 0 Å². The lowest BCUT2D eigenvalue weighted by Crippen LogP contribution is -2.48. The van der Waals surface area contributed by atoms with Crippen LogP contribution in [-0.2, 0) is 20.9 Å². The molecular formula is C16H23N3O3. The largest absolute Gasteiger partial charge is 0.383 e. The van der Waals surface area contributed by atoms with Crippen LogP contribution in [0.2, 0.25) is 0 Å². The maximum atomic E-state index is 12.7. The van der Waals surface area contributed by atoms with Gasteiger partial charge in [0.15, 0.2) is 0 Å². The molecule has 0 radical (unpaired) electrons. The van der Waals surface area contributed by atoms with E-state index in [0.717, 1.165) is 12.1 Å². The van der Waals surface area contributed by atoms with Crippen LogP contribution in [0.4, 0.5) is 0 Å². The number of likely N-dealkylation sites (tertiary alicyclic amines) is 1. The molecule has 1 aliphatic rings. The normalized spacial score (nSPS) is 15.9. The predicted molar refractivity (Wildman–Crippen MR) is 81.9 cm³/mol. The highest BCUT2D eigenvalue weighted by Gasteiger charge is 2.32. The first-order valence-electron chi connectivity index (χ1n) is 7.60. The van der Waals surface area contributed by atoms with Gasteiger partial charge in [-0.1, -0.05) is 6.07 Å². The van der Waals surface area contributed by atoms with Gasteiger partial charge < -0.3 is 14.5 Å². The Bertz CT molecular complexity index is 507. The number of pyridine rings is 1. The van der Waals surface area contributed by atoms with E-state index in [1.807, 2.05) is 18.2 Å². The Kier molecular flexibility index (Phi) is 5.89. The summed E-state index contributed by atoms with van der Waals surface area (Å²) in [6.07, 6.45) is 3.08. The first-order valence-corrected chi connectivity index (χ1v) is 7.60. The molecule has 0 saturated carbocycles. The van der Waals surface area contributed by atoms with Crippen LogP contribution in [0.25, 0.3) is 0 Å². The zero-order chi connectivity index (χ0) is 15.9. The van der Waals surface area contributed by atoms with Crippen molar-refractivity contribution in [2.75, 3.05) is 26.8 Å². The van der Waals surface area contributed by atoms with Crippen molar-refractivity contribution in [3.63, 3.8) is 0 Å². The number of hydrogen-bond acceptors (Lipinski definition) is 4. The fourth-order valence-electron chi connectivity index (χ4n) is 2.63. The summed E-state index contributed by atoms with van der Waals surface area (Å²) in [4.78, 5) is 32.2. The van der Waals surface area contributed by atoms with Gasteiger partial charge in [-0.2, -0.15) is 0 Å². The summed E-state index contributed by atoms with van der Waals surface area (Å²) in [6, 6.07) is 5.19. The Balaban J connectivity index is 2.06. The van der Waals surface area contributed by atoms with Crippen LogP contribution in [0.15, 0.2) is 24.4 Å². The van der Waals surface area contributed by atoms with Gasteiger partial charge in [0.05, 0.1) is 18.8 Å². The second kappa shape index (κ2) is 7.89. The number of carbonyl (C=O) groups excluding carboxylic acids is 2. The molecule has 1 aromatic heterocycles. The third-order valence-corrected chi connectivity index (χ3v) is 3.89. The topological polar surface area (TPSA) is 62.7 Å². The Morgan fingerprint density at radius 1 is 1.50 bits per heavy atom. The molecule has 0 aromatic carbocycles. The number of amides is 2. The molecule has 0 bridgehead atoms. The van der Waals surface area contributed by atoms with E-state index in [1.54, 1.807) is 30.0 Å². The van der Waals surface area contributed by atoms with Gasteiger partial charge >= 0.3 is 0 Å². The molecule has 1 fully saturated rings. The van der Waals surface area contributed by atoms with E-state index in [2.05, 4.69) is 4.98 Å². The molecule has 2 amide bonds. The molecule has 0 spiro atoms. The van der Waals surface area contributed by atoms with Crippen molar-refractivity contribution in [1.29, 1.82) is 0 Å². The monoisotopic (exact) mass is 305 g/mol. The van der Waals surface area contributed by atoms with Gasteiger partial charge in [-0.3, -0.25) is 14.6 Å². The van der Waals surface area contributed by atoms with Crippen LogP contribution in [0, 0.1) is 0 Å². The van der Waals surface area contributed by atoms with Crippen molar-refractivity contribution in [2.24, 2.45) is 0 Å². The van der Waals surface area contributed by atoms with Crippen molar-refractivity contribution < 1.29 is 14.3 Å². The highest BCUT2D eigenvalue weighted by Crippen LogP contribution is 2.16. The van der Waals surface area contributed by atoms with Crippen molar-refractivity contribution in [1.82, 2.24) is 14.8 Å². The maximum absolute atomic E-state index is 12.7. The molecule has 2 rings (SSSR count). The lowest BCUT2D eigenvalue weighted by Gasteiger charge is -2.30. The van der Waals surface area contributed by atoms with Crippen LogP contribution in [0.3, 0.4) is 0 Å². The third kappa shape index (κ3) is 4.04. The average Bonchev–Trinajstić information content (AvgIpc) is 2.97. The average molecular weight is 305 g/mol. The quantitative estimate of drug-likeness (QED) is 0.756. The Morgan fingerprint density at radius 3 is 2.91 bits per heavy atom. The molecule has 22 heavy (non-hydrogen) atoms. The summed E-state index contributed by atoms with van der Waals surface area (Å²) in [5.41, 5.74) is 0.826. The minimum absolute atomic E-state index is 0.0575. The zero-order valence-corrected chi connectivity index (χ0v) is 13.2. The Morgan fingerprint density at radius 2 is 2.32 bits per heavy atom. The van der Waals surface area contributed by atoms with E-state index in [4.69, 9.17) is 4.74 Å². The minimum Gasteiger partial charge on any atom is -0.383 e. The molecule has 1 aromatic rings. The first kappa shape index (κ1) is 16.4. The second-order valence-corrected chi connectivity index (χ2v) is 5.44. The summed E-state index contributed by atoms with van der Waals surface area (Å²) in [5.74, 6) is 0.00308. The maximum Gasteiger partial charge on any atom is 0.245 e. The molecule has 0 aliphatic carbocycles. The van der Waals surface area contributed by atoms with Gasteiger partial charge in [-0.25, -0.2) is 0 Å². The molecule has 1 saturated heterocycles. The summed E-state index contributed by atoms with van der Waals surface area (Å²) in [5, 5.41) is 0. The minimum atomic E-state index is -0.435. The Labute approximate surface area is 131 Å². The van der Waals surface area contributed by atoms with Crippen molar-refractivity contribution >= 4 is 11.8 Å². The predicted octanol–water partition coefficient (Wildman–Crippen LogP) is 1.07. The Hall–Kier alpha value is -1.95. The summed E-state index contributed by atoms with van der Waals surface area (Å²) >= 11 is 0. The van der Waals surface area contributed by atoms with Crippen LogP contribution in [-0.4, -0.2) is 59.4 Å². The molecule has 120 valence electrons. The molecule has 6 heteroatoms. The van der Waals surface area contributed by atoms with Gasteiger partial charge in [-0.05, 0) is 25.5 Å². The van der Waals surface area contributed by atoms with Crippen LogP contribution < -0.4 is 0 Å². The number of carbonyl (C=O) groups is 2. The van der Waals surface area contributed by atoms with Gasteiger partial charge in [0.2, 0.25) is 11.8 Å². The lowest BCUT2D eigenvalue weighted by atomic mass is 10.2. The smallest absolute Gasteiger partial charge is 0.245 e. The van der Waals surface area contributed by atoms with E-state index in [0.29, 0.717) is 32.7 Å². The van der Waals surface area contributed by atoms with Crippen LogP contribution in [0.5, 0.6) is 0 Å². The van der Waals surface area contributed by atoms with Gasteiger partial charge in [-0.15, -0.1) is 0 Å². The van der Waals surface area contributed by atoms with Gasteiger partial charge in [0, 0.05) is 32.8 Å². The lowest BCUT2D eigenvalue weighted by molar-refractivity contribution is -0.143. The number of ether oxygens (including phenoxy) is 1. The molecule has 1 aliphatic heterocycles.